The van der Waals surface area contributed by atoms with Crippen molar-refractivity contribution >= 4 is 14.3 Å². The van der Waals surface area contributed by atoms with Crippen LogP contribution in [-0.4, -0.2) is 17.6 Å². The van der Waals surface area contributed by atoms with Gasteiger partial charge in [0.2, 0.25) is 0 Å². The van der Waals surface area contributed by atoms with Crippen molar-refractivity contribution in [2.24, 2.45) is 0 Å². The minimum Gasteiger partial charge on any atom is -0.445 e. The Labute approximate surface area is 135 Å². The molecule has 7 heteroatoms. The predicted molar refractivity (Wildman–Crippen MR) is 84.7 cm³/mol. The van der Waals surface area contributed by atoms with E-state index in [0.717, 1.165) is 11.1 Å². The minimum atomic E-state index is -2.73. The molecule has 0 heterocycles. The Balaban J connectivity index is 1.93. The summed E-state index contributed by atoms with van der Waals surface area (Å²) < 4.78 is 20.6. The second kappa shape index (κ2) is 9.00. The van der Waals surface area contributed by atoms with Crippen molar-refractivity contribution in [3.63, 3.8) is 0 Å². The van der Waals surface area contributed by atoms with Crippen LogP contribution in [0, 0.1) is 0 Å². The van der Waals surface area contributed by atoms with Crippen LogP contribution in [0.3, 0.4) is 0 Å². The molecule has 0 aliphatic rings. The third-order valence-corrected chi connectivity index (χ3v) is 3.43. The molecule has 0 radical (unpaired) electrons. The molecule has 0 saturated carbocycles. The molecule has 2 atom stereocenters. The maximum atomic E-state index is 11.9. The van der Waals surface area contributed by atoms with Crippen LogP contribution in [-0.2, 0) is 20.4 Å². The van der Waals surface area contributed by atoms with Gasteiger partial charge in [-0.3, -0.25) is 0 Å². The first-order chi connectivity index (χ1) is 11.1. The van der Waals surface area contributed by atoms with Crippen LogP contribution in [0.2, 0.25) is 0 Å². The highest BCUT2D eigenvalue weighted by atomic mass is 31.1. The summed E-state index contributed by atoms with van der Waals surface area (Å²) in [7, 11) is -2.73. The van der Waals surface area contributed by atoms with Crippen LogP contribution >= 0.6 is 8.25 Å². The van der Waals surface area contributed by atoms with Crippen LogP contribution in [0.1, 0.15) is 17.2 Å². The highest BCUT2D eigenvalue weighted by molar-refractivity contribution is 7.32. The van der Waals surface area contributed by atoms with Crippen LogP contribution in [0.5, 0.6) is 0 Å². The highest BCUT2D eigenvalue weighted by Gasteiger charge is 2.22. The molecule has 2 aromatic rings. The second-order valence-electron chi connectivity index (χ2n) is 4.70. The summed E-state index contributed by atoms with van der Waals surface area (Å²) in [6.45, 7) is 0.0134. The Kier molecular flexibility index (Phi) is 6.69. The molecule has 0 fully saturated rings. The van der Waals surface area contributed by atoms with Gasteiger partial charge in [-0.05, 0) is 11.1 Å². The smallest absolute Gasteiger partial charge is 0.445 e. The van der Waals surface area contributed by atoms with E-state index in [-0.39, 0.29) is 13.2 Å². The number of hydrogen-bond donors (Lipinski definition) is 2. The van der Waals surface area contributed by atoms with Crippen molar-refractivity contribution < 1.29 is 23.5 Å². The predicted octanol–water partition coefficient (Wildman–Crippen LogP) is 3.32. The number of benzene rings is 2. The lowest BCUT2D eigenvalue weighted by atomic mass is 10.1. The van der Waals surface area contributed by atoms with Gasteiger partial charge >= 0.3 is 14.3 Å². The van der Waals surface area contributed by atoms with E-state index < -0.39 is 20.4 Å². The van der Waals surface area contributed by atoms with Crippen LogP contribution < -0.4 is 5.32 Å². The zero-order valence-corrected chi connectivity index (χ0v) is 13.2. The molecular weight excluding hydrogens is 317 g/mol. The topological polar surface area (TPSA) is 84.9 Å². The van der Waals surface area contributed by atoms with Crippen LogP contribution in [0.15, 0.2) is 60.7 Å². The lowest BCUT2D eigenvalue weighted by Gasteiger charge is -2.16. The molecule has 0 aliphatic carbocycles. The molecule has 120 valence electrons. The van der Waals surface area contributed by atoms with Crippen molar-refractivity contribution in [1.29, 1.82) is 0 Å². The van der Waals surface area contributed by atoms with E-state index >= 15 is 0 Å². The molecule has 23 heavy (non-hydrogen) atoms. The first-order valence-corrected chi connectivity index (χ1v) is 8.09. The van der Waals surface area contributed by atoms with Crippen LogP contribution in [0.25, 0.3) is 0 Å². The normalized spacial score (nSPS) is 12.3. The summed E-state index contributed by atoms with van der Waals surface area (Å²) in [5, 5.41) is 2.63. The molecule has 2 aromatic carbocycles. The number of alkyl carbamates (subject to hydrolysis) is 1. The lowest BCUT2D eigenvalue weighted by Crippen LogP contribution is -2.31. The Bertz CT molecular complexity index is 635. The molecule has 0 aromatic heterocycles. The molecule has 0 spiro atoms. The monoisotopic (exact) mass is 334 g/mol. The number of ether oxygens (including phenoxy) is 1. The quantitative estimate of drug-likeness (QED) is 0.759. The fourth-order valence-corrected chi connectivity index (χ4v) is 2.23. The zero-order chi connectivity index (χ0) is 16.5. The Morgan fingerprint density at radius 3 is 2.30 bits per heavy atom. The van der Waals surface area contributed by atoms with Crippen molar-refractivity contribution in [2.75, 3.05) is 6.61 Å². The molecule has 2 unspecified atom stereocenters. The molecular formula is C16H17NO5P+. The van der Waals surface area contributed by atoms with E-state index in [1.165, 1.54) is 0 Å². The Hall–Kier alpha value is -2.27. The maximum Gasteiger partial charge on any atom is 0.694 e. The number of carbonyl (C=O) groups is 1. The van der Waals surface area contributed by atoms with Gasteiger partial charge in [0.15, 0.2) is 0 Å². The average molecular weight is 334 g/mol. The van der Waals surface area contributed by atoms with Crippen molar-refractivity contribution in [1.82, 2.24) is 5.32 Å². The van der Waals surface area contributed by atoms with E-state index in [4.69, 9.17) is 14.2 Å². The maximum absolute atomic E-state index is 11.9. The van der Waals surface area contributed by atoms with E-state index in [1.807, 2.05) is 36.4 Å². The molecule has 6 nitrogen and oxygen atoms in total. The summed E-state index contributed by atoms with van der Waals surface area (Å²) in [6, 6.07) is 17.7. The van der Waals surface area contributed by atoms with Gasteiger partial charge in [-0.25, -0.2) is 4.79 Å². The van der Waals surface area contributed by atoms with Gasteiger partial charge in [0.1, 0.15) is 13.2 Å². The van der Waals surface area contributed by atoms with Crippen molar-refractivity contribution in [3.05, 3.63) is 71.8 Å². The van der Waals surface area contributed by atoms with E-state index in [9.17, 15) is 9.36 Å². The largest absolute Gasteiger partial charge is 0.694 e. The van der Waals surface area contributed by atoms with E-state index in [2.05, 4.69) is 5.32 Å². The van der Waals surface area contributed by atoms with Gasteiger partial charge in [0.05, 0.1) is 6.04 Å². The number of nitrogens with one attached hydrogen (secondary N) is 1. The third-order valence-electron chi connectivity index (χ3n) is 3.06. The van der Waals surface area contributed by atoms with Crippen molar-refractivity contribution in [2.45, 2.75) is 12.6 Å². The molecule has 2 N–H and O–H groups in total. The van der Waals surface area contributed by atoms with Gasteiger partial charge in [-0.15, -0.1) is 9.42 Å². The third kappa shape index (κ3) is 6.16. The molecule has 0 aliphatic heterocycles. The number of amides is 1. The van der Waals surface area contributed by atoms with E-state index in [0.29, 0.717) is 0 Å². The zero-order valence-electron chi connectivity index (χ0n) is 12.3. The highest BCUT2D eigenvalue weighted by Crippen LogP contribution is 2.21. The van der Waals surface area contributed by atoms with Gasteiger partial charge in [0.25, 0.3) is 0 Å². The SMILES string of the molecule is O=C(NC(CO[P+](=O)O)c1ccccc1)OCc1ccccc1. The van der Waals surface area contributed by atoms with Gasteiger partial charge in [-0.2, -0.15) is 0 Å². The van der Waals surface area contributed by atoms with Gasteiger partial charge in [0, 0.05) is 4.57 Å². The lowest BCUT2D eigenvalue weighted by molar-refractivity contribution is 0.130. The molecule has 2 rings (SSSR count). The standard InChI is InChI=1S/C16H16NO5P/c18-16(21-11-13-7-3-1-4-8-13)17-15(12-22-23(19)20)14-9-5-2-6-10-14/h1-10,15H,11-12H2,(H-,17,18,19,20)/p+1. The van der Waals surface area contributed by atoms with Gasteiger partial charge < -0.3 is 10.1 Å². The number of carbonyl (C=O) groups excluding carboxylic acids is 1. The fourth-order valence-electron chi connectivity index (χ4n) is 1.95. The molecule has 1 amide bonds. The van der Waals surface area contributed by atoms with Crippen LogP contribution in [0.4, 0.5) is 4.79 Å². The second-order valence-corrected chi connectivity index (χ2v) is 5.44. The first-order valence-electron chi connectivity index (χ1n) is 6.96. The number of rotatable bonds is 7. The van der Waals surface area contributed by atoms with Crippen molar-refractivity contribution in [3.8, 4) is 0 Å². The molecule has 0 bridgehead atoms. The first kappa shape index (κ1) is 17.1. The number of hydrogen-bond acceptors (Lipinski definition) is 4. The fraction of sp³-hybridized carbons (Fsp3) is 0.188. The Morgan fingerprint density at radius 2 is 1.70 bits per heavy atom. The summed E-state index contributed by atoms with van der Waals surface area (Å²) in [5.41, 5.74) is 1.62. The molecule has 0 saturated heterocycles. The summed E-state index contributed by atoms with van der Waals surface area (Å²) in [5.74, 6) is 0. The van der Waals surface area contributed by atoms with Gasteiger partial charge in [-0.1, -0.05) is 60.7 Å². The summed E-state index contributed by atoms with van der Waals surface area (Å²) >= 11 is 0. The summed E-state index contributed by atoms with van der Waals surface area (Å²) in [4.78, 5) is 20.7. The summed E-state index contributed by atoms with van der Waals surface area (Å²) in [6.07, 6.45) is -0.625. The minimum absolute atomic E-state index is 0.129. The van der Waals surface area contributed by atoms with E-state index in [1.54, 1.807) is 24.3 Å². The average Bonchev–Trinajstić information content (AvgIpc) is 2.58. The Morgan fingerprint density at radius 1 is 1.09 bits per heavy atom.